The molecule has 1 unspecified atom stereocenters. The molecule has 1 amide bonds. The second-order valence-electron chi connectivity index (χ2n) is 3.99. The molecule has 0 aliphatic rings. The Hall–Kier alpha value is -0.100. The normalized spacial score (nSPS) is 12.6. The van der Waals surface area contributed by atoms with Crippen molar-refractivity contribution in [2.75, 3.05) is 5.33 Å². The fourth-order valence-electron chi connectivity index (χ4n) is 1.24. The van der Waals surface area contributed by atoms with Crippen molar-refractivity contribution in [3.8, 4) is 0 Å². The molecule has 0 aliphatic carbocycles. The zero-order valence-corrected chi connectivity index (χ0v) is 13.1. The van der Waals surface area contributed by atoms with Crippen LogP contribution >= 0.6 is 38.5 Å². The molecular formula is C12H15BrINO. The third kappa shape index (κ3) is 4.05. The van der Waals surface area contributed by atoms with E-state index < -0.39 is 0 Å². The average molecular weight is 396 g/mol. The zero-order valence-electron chi connectivity index (χ0n) is 9.34. The molecule has 0 radical (unpaired) electrons. The summed E-state index contributed by atoms with van der Waals surface area (Å²) in [6, 6.07) is 7.75. The summed E-state index contributed by atoms with van der Waals surface area (Å²) in [5, 5.41) is 3.79. The van der Waals surface area contributed by atoms with Crippen LogP contribution < -0.4 is 5.32 Å². The minimum absolute atomic E-state index is 0.00505. The van der Waals surface area contributed by atoms with Gasteiger partial charge in [0.15, 0.2) is 0 Å². The summed E-state index contributed by atoms with van der Waals surface area (Å²) in [7, 11) is 0. The number of hydrogen-bond donors (Lipinski definition) is 1. The minimum atomic E-state index is -0.00505. The van der Waals surface area contributed by atoms with Crippen LogP contribution in [0, 0.1) is 9.49 Å². The Balaban J connectivity index is 2.68. The van der Waals surface area contributed by atoms with Crippen LogP contribution in [-0.4, -0.2) is 17.3 Å². The molecule has 1 N–H and O–H groups in total. The summed E-state index contributed by atoms with van der Waals surface area (Å²) < 4.78 is 1.13. The summed E-state index contributed by atoms with van der Waals surface area (Å²) in [4.78, 5) is 11.9. The molecule has 0 heterocycles. The molecule has 1 atom stereocenters. The highest BCUT2D eigenvalue weighted by Crippen LogP contribution is 2.09. The van der Waals surface area contributed by atoms with Crippen LogP contribution in [0.15, 0.2) is 24.3 Å². The molecule has 1 aromatic carbocycles. The molecule has 0 bridgehead atoms. The number of carbonyl (C=O) groups is 1. The second kappa shape index (κ2) is 6.59. The van der Waals surface area contributed by atoms with E-state index in [1.807, 2.05) is 24.3 Å². The van der Waals surface area contributed by atoms with E-state index in [2.05, 4.69) is 57.7 Å². The minimum Gasteiger partial charge on any atom is -0.348 e. The number of carbonyl (C=O) groups excluding carboxylic acids is 1. The highest BCUT2D eigenvalue weighted by molar-refractivity contribution is 14.1. The zero-order chi connectivity index (χ0) is 12.1. The maximum Gasteiger partial charge on any atom is 0.251 e. The SMILES string of the molecule is CC(C)C(CBr)NC(=O)c1ccc(I)cc1. The number of nitrogens with one attached hydrogen (secondary N) is 1. The average Bonchev–Trinajstić information content (AvgIpc) is 2.26. The summed E-state index contributed by atoms with van der Waals surface area (Å²) in [5.41, 5.74) is 0.715. The van der Waals surface area contributed by atoms with Crippen molar-refractivity contribution < 1.29 is 4.79 Å². The van der Waals surface area contributed by atoms with Gasteiger partial charge in [0.1, 0.15) is 0 Å². The Bertz CT molecular complexity index is 351. The molecule has 1 aromatic rings. The van der Waals surface area contributed by atoms with Gasteiger partial charge in [0.25, 0.3) is 5.91 Å². The van der Waals surface area contributed by atoms with Gasteiger partial charge >= 0.3 is 0 Å². The van der Waals surface area contributed by atoms with Crippen molar-refractivity contribution in [2.24, 2.45) is 5.92 Å². The number of amides is 1. The Kier molecular flexibility index (Phi) is 5.75. The molecule has 0 fully saturated rings. The first-order valence-corrected chi connectivity index (χ1v) is 7.37. The highest BCUT2D eigenvalue weighted by atomic mass is 127. The van der Waals surface area contributed by atoms with Gasteiger partial charge in [-0.3, -0.25) is 4.79 Å². The maximum absolute atomic E-state index is 11.9. The number of hydrogen-bond acceptors (Lipinski definition) is 1. The van der Waals surface area contributed by atoms with E-state index in [0.717, 1.165) is 8.90 Å². The van der Waals surface area contributed by atoms with Crippen LogP contribution in [-0.2, 0) is 0 Å². The molecule has 0 saturated carbocycles. The topological polar surface area (TPSA) is 29.1 Å². The summed E-state index contributed by atoms with van der Waals surface area (Å²) in [6.07, 6.45) is 0. The highest BCUT2D eigenvalue weighted by Gasteiger charge is 2.15. The Morgan fingerprint density at radius 1 is 1.38 bits per heavy atom. The van der Waals surface area contributed by atoms with Crippen LogP contribution in [0.25, 0.3) is 0 Å². The van der Waals surface area contributed by atoms with E-state index in [4.69, 9.17) is 0 Å². The quantitative estimate of drug-likeness (QED) is 0.614. The van der Waals surface area contributed by atoms with E-state index in [9.17, 15) is 4.79 Å². The summed E-state index contributed by atoms with van der Waals surface area (Å²) >= 11 is 5.64. The van der Waals surface area contributed by atoms with E-state index in [-0.39, 0.29) is 11.9 Å². The van der Waals surface area contributed by atoms with Crippen molar-refractivity contribution >= 4 is 44.4 Å². The van der Waals surface area contributed by atoms with Crippen LogP contribution in [0.1, 0.15) is 24.2 Å². The number of halogens is 2. The number of alkyl halides is 1. The van der Waals surface area contributed by atoms with Crippen molar-refractivity contribution in [1.29, 1.82) is 0 Å². The summed E-state index contributed by atoms with van der Waals surface area (Å²) in [6.45, 7) is 4.19. The van der Waals surface area contributed by atoms with Gasteiger partial charge in [0.05, 0.1) is 0 Å². The lowest BCUT2D eigenvalue weighted by Crippen LogP contribution is -2.39. The molecule has 1 rings (SSSR count). The fourth-order valence-corrected chi connectivity index (χ4v) is 2.51. The third-order valence-electron chi connectivity index (χ3n) is 2.39. The monoisotopic (exact) mass is 395 g/mol. The first-order chi connectivity index (χ1) is 7.54. The molecule has 2 nitrogen and oxygen atoms in total. The van der Waals surface area contributed by atoms with Gasteiger partial charge in [-0.25, -0.2) is 0 Å². The lowest BCUT2D eigenvalue weighted by molar-refractivity contribution is 0.0932. The van der Waals surface area contributed by atoms with Gasteiger partial charge in [-0.05, 0) is 52.8 Å². The van der Waals surface area contributed by atoms with Crippen molar-refractivity contribution in [3.05, 3.63) is 33.4 Å². The molecule has 16 heavy (non-hydrogen) atoms. The Labute approximate surface area is 118 Å². The van der Waals surface area contributed by atoms with Gasteiger partial charge in [-0.2, -0.15) is 0 Å². The van der Waals surface area contributed by atoms with Crippen molar-refractivity contribution in [3.63, 3.8) is 0 Å². The molecule has 0 aliphatic heterocycles. The van der Waals surface area contributed by atoms with Gasteiger partial charge in [0, 0.05) is 20.5 Å². The summed E-state index contributed by atoms with van der Waals surface area (Å²) in [5.74, 6) is 0.418. The van der Waals surface area contributed by atoms with E-state index in [1.165, 1.54) is 0 Å². The van der Waals surface area contributed by atoms with Crippen LogP contribution in [0.2, 0.25) is 0 Å². The van der Waals surface area contributed by atoms with Crippen molar-refractivity contribution in [2.45, 2.75) is 19.9 Å². The lowest BCUT2D eigenvalue weighted by Gasteiger charge is -2.19. The molecule has 0 aromatic heterocycles. The lowest BCUT2D eigenvalue weighted by atomic mass is 10.1. The predicted molar refractivity (Wildman–Crippen MR) is 79.0 cm³/mol. The molecule has 88 valence electrons. The van der Waals surface area contributed by atoms with Gasteiger partial charge in [-0.1, -0.05) is 29.8 Å². The van der Waals surface area contributed by atoms with Crippen LogP contribution in [0.3, 0.4) is 0 Å². The van der Waals surface area contributed by atoms with Gasteiger partial charge in [0.2, 0.25) is 0 Å². The van der Waals surface area contributed by atoms with Crippen molar-refractivity contribution in [1.82, 2.24) is 5.32 Å². The maximum atomic E-state index is 11.9. The van der Waals surface area contributed by atoms with Crippen LogP contribution in [0.5, 0.6) is 0 Å². The smallest absolute Gasteiger partial charge is 0.251 e. The molecular weight excluding hydrogens is 381 g/mol. The Morgan fingerprint density at radius 2 is 1.94 bits per heavy atom. The standard InChI is InChI=1S/C12H15BrINO/c1-8(2)11(7-13)15-12(16)9-3-5-10(14)6-4-9/h3-6,8,11H,7H2,1-2H3,(H,15,16). The van der Waals surface area contributed by atoms with E-state index in [1.54, 1.807) is 0 Å². The number of rotatable bonds is 4. The van der Waals surface area contributed by atoms with Gasteiger partial charge < -0.3 is 5.32 Å². The van der Waals surface area contributed by atoms with E-state index in [0.29, 0.717) is 11.5 Å². The Morgan fingerprint density at radius 3 is 2.38 bits per heavy atom. The number of benzene rings is 1. The fraction of sp³-hybridized carbons (Fsp3) is 0.417. The third-order valence-corrected chi connectivity index (χ3v) is 3.81. The van der Waals surface area contributed by atoms with Gasteiger partial charge in [-0.15, -0.1) is 0 Å². The van der Waals surface area contributed by atoms with E-state index >= 15 is 0 Å². The molecule has 0 spiro atoms. The molecule has 4 heteroatoms. The molecule has 0 saturated heterocycles. The first kappa shape index (κ1) is 14.0. The second-order valence-corrected chi connectivity index (χ2v) is 5.88. The largest absolute Gasteiger partial charge is 0.348 e. The predicted octanol–water partition coefficient (Wildman–Crippen LogP) is 3.44. The van der Waals surface area contributed by atoms with Crippen LogP contribution in [0.4, 0.5) is 0 Å². The first-order valence-electron chi connectivity index (χ1n) is 5.17.